The molecule has 23 heavy (non-hydrogen) atoms. The Hall–Kier alpha value is -2.77. The van der Waals surface area contributed by atoms with Gasteiger partial charge in [-0.2, -0.15) is 5.10 Å². The van der Waals surface area contributed by atoms with Crippen molar-refractivity contribution in [2.45, 2.75) is 39.4 Å². The summed E-state index contributed by atoms with van der Waals surface area (Å²) in [6.45, 7) is 6.00. The fourth-order valence-corrected chi connectivity index (χ4v) is 2.21. The van der Waals surface area contributed by atoms with Crippen molar-refractivity contribution < 1.29 is 9.72 Å². The number of nitrogens with zero attached hydrogens (tertiary/aromatic N) is 5. The molecule has 0 saturated heterocycles. The molecule has 1 amide bonds. The number of nitro benzene ring substituents is 1. The molecule has 0 aliphatic rings. The summed E-state index contributed by atoms with van der Waals surface area (Å²) in [6, 6.07) is 5.75. The molecule has 2 rings (SSSR count). The first kappa shape index (κ1) is 16.6. The molecule has 0 aliphatic heterocycles. The monoisotopic (exact) mass is 317 g/mol. The molecule has 1 atom stereocenters. The predicted molar refractivity (Wildman–Crippen MR) is 83.5 cm³/mol. The second-order valence-electron chi connectivity index (χ2n) is 5.53. The first-order valence-electron chi connectivity index (χ1n) is 7.28. The van der Waals surface area contributed by atoms with E-state index < -0.39 is 11.0 Å². The number of non-ortho nitro benzene ring substituents is 1. The maximum absolute atomic E-state index is 12.7. The molecule has 1 aromatic heterocycles. The molecule has 0 fully saturated rings. The molecule has 8 heteroatoms. The Balaban J connectivity index is 2.15. The molecular weight excluding hydrogens is 298 g/mol. The van der Waals surface area contributed by atoms with Crippen LogP contribution in [0.5, 0.6) is 0 Å². The third-order valence-corrected chi connectivity index (χ3v) is 3.60. The van der Waals surface area contributed by atoms with Gasteiger partial charge in [0, 0.05) is 24.7 Å². The summed E-state index contributed by atoms with van der Waals surface area (Å²) in [5.74, 6) is -0.0798. The number of benzene rings is 1. The summed E-state index contributed by atoms with van der Waals surface area (Å²) in [4.78, 5) is 28.5. The number of carbonyl (C=O) groups excluding carboxylic acids is 1. The van der Waals surface area contributed by atoms with E-state index in [0.29, 0.717) is 6.54 Å². The second kappa shape index (κ2) is 6.99. The van der Waals surface area contributed by atoms with Crippen molar-refractivity contribution >= 4 is 11.6 Å². The smallest absolute Gasteiger partial charge is 0.269 e. The molecule has 8 nitrogen and oxygen atoms in total. The van der Waals surface area contributed by atoms with Gasteiger partial charge >= 0.3 is 0 Å². The van der Waals surface area contributed by atoms with E-state index in [4.69, 9.17) is 0 Å². The quantitative estimate of drug-likeness (QED) is 0.601. The van der Waals surface area contributed by atoms with Crippen LogP contribution in [0, 0.1) is 10.1 Å². The highest BCUT2D eigenvalue weighted by molar-refractivity contribution is 5.80. The first-order valence-corrected chi connectivity index (χ1v) is 7.28. The van der Waals surface area contributed by atoms with Crippen molar-refractivity contribution in [3.63, 3.8) is 0 Å². The van der Waals surface area contributed by atoms with Crippen molar-refractivity contribution in [1.82, 2.24) is 19.7 Å². The standard InChI is InChI=1S/C15H19N5O3/c1-11(2)18(15(21)12(3)19-10-16-9-17-19)8-13-4-6-14(7-5-13)20(22)23/h4-7,9-12H,8H2,1-3H3/t12-/m0/s1. The summed E-state index contributed by atoms with van der Waals surface area (Å²) < 4.78 is 1.51. The van der Waals surface area contributed by atoms with Crippen molar-refractivity contribution in [3.05, 3.63) is 52.6 Å². The summed E-state index contributed by atoms with van der Waals surface area (Å²) >= 11 is 0. The average Bonchev–Trinajstić information content (AvgIpc) is 3.05. The zero-order valence-electron chi connectivity index (χ0n) is 13.3. The van der Waals surface area contributed by atoms with Gasteiger partial charge in [0.1, 0.15) is 18.7 Å². The second-order valence-corrected chi connectivity index (χ2v) is 5.53. The van der Waals surface area contributed by atoms with Crippen LogP contribution in [0.15, 0.2) is 36.9 Å². The van der Waals surface area contributed by atoms with Crippen LogP contribution >= 0.6 is 0 Å². The third kappa shape index (κ3) is 3.91. The Labute approximate surface area is 133 Å². The molecule has 0 unspecified atom stereocenters. The van der Waals surface area contributed by atoms with Crippen LogP contribution in [0.2, 0.25) is 0 Å². The van der Waals surface area contributed by atoms with Gasteiger partial charge in [0.25, 0.3) is 5.69 Å². The van der Waals surface area contributed by atoms with Gasteiger partial charge in [-0.15, -0.1) is 0 Å². The highest BCUT2D eigenvalue weighted by Crippen LogP contribution is 2.17. The topological polar surface area (TPSA) is 94.2 Å². The summed E-state index contributed by atoms with van der Waals surface area (Å²) in [5.41, 5.74) is 0.871. The normalized spacial score (nSPS) is 12.2. The lowest BCUT2D eigenvalue weighted by molar-refractivity contribution is -0.384. The van der Waals surface area contributed by atoms with Gasteiger partial charge in [0.05, 0.1) is 4.92 Å². The molecule has 122 valence electrons. The number of rotatable bonds is 6. The van der Waals surface area contributed by atoms with E-state index in [1.165, 1.54) is 29.5 Å². The Morgan fingerprint density at radius 3 is 2.43 bits per heavy atom. The molecule has 0 radical (unpaired) electrons. The number of aromatic nitrogens is 3. The van der Waals surface area contributed by atoms with Crippen LogP contribution < -0.4 is 0 Å². The Morgan fingerprint density at radius 1 is 1.30 bits per heavy atom. The molecule has 0 saturated carbocycles. The molecule has 0 aliphatic carbocycles. The van der Waals surface area contributed by atoms with Crippen molar-refractivity contribution in [1.29, 1.82) is 0 Å². The van der Waals surface area contributed by atoms with Crippen LogP contribution in [-0.4, -0.2) is 36.5 Å². The first-order chi connectivity index (χ1) is 10.9. The van der Waals surface area contributed by atoms with Gasteiger partial charge in [-0.05, 0) is 26.3 Å². The van der Waals surface area contributed by atoms with E-state index in [0.717, 1.165) is 5.56 Å². The SMILES string of the molecule is CC(C)N(Cc1ccc([N+](=O)[O-])cc1)C(=O)[C@H](C)n1cncn1. The lowest BCUT2D eigenvalue weighted by Crippen LogP contribution is -2.40. The molecular formula is C15H19N5O3. The largest absolute Gasteiger partial charge is 0.334 e. The Bertz CT molecular complexity index is 667. The zero-order chi connectivity index (χ0) is 17.0. The summed E-state index contributed by atoms with van der Waals surface area (Å²) in [7, 11) is 0. The summed E-state index contributed by atoms with van der Waals surface area (Å²) in [5, 5.41) is 14.7. The maximum atomic E-state index is 12.7. The minimum atomic E-state index is -0.460. The van der Waals surface area contributed by atoms with Gasteiger partial charge in [0.15, 0.2) is 0 Å². The lowest BCUT2D eigenvalue weighted by atomic mass is 10.1. The molecule has 0 bridgehead atoms. The molecule has 1 heterocycles. The van der Waals surface area contributed by atoms with Crippen LogP contribution in [0.25, 0.3) is 0 Å². The van der Waals surface area contributed by atoms with Crippen molar-refractivity contribution in [2.75, 3.05) is 0 Å². The van der Waals surface area contributed by atoms with Gasteiger partial charge in [-0.3, -0.25) is 14.9 Å². The van der Waals surface area contributed by atoms with Gasteiger partial charge in [0.2, 0.25) is 5.91 Å². The van der Waals surface area contributed by atoms with Crippen LogP contribution in [-0.2, 0) is 11.3 Å². The van der Waals surface area contributed by atoms with Gasteiger partial charge in [-0.25, -0.2) is 9.67 Å². The zero-order valence-corrected chi connectivity index (χ0v) is 13.3. The Morgan fingerprint density at radius 2 is 1.96 bits per heavy atom. The van der Waals surface area contributed by atoms with Crippen LogP contribution in [0.3, 0.4) is 0 Å². The number of nitro groups is 1. The lowest BCUT2D eigenvalue weighted by Gasteiger charge is -2.29. The van der Waals surface area contributed by atoms with Crippen LogP contribution in [0.4, 0.5) is 5.69 Å². The van der Waals surface area contributed by atoms with Crippen molar-refractivity contribution in [2.24, 2.45) is 0 Å². The molecule has 0 spiro atoms. The minimum absolute atomic E-state index is 0.0105. The Kier molecular flexibility index (Phi) is 5.05. The number of hydrogen-bond acceptors (Lipinski definition) is 5. The summed E-state index contributed by atoms with van der Waals surface area (Å²) in [6.07, 6.45) is 2.90. The highest BCUT2D eigenvalue weighted by atomic mass is 16.6. The van der Waals surface area contributed by atoms with Crippen LogP contribution in [0.1, 0.15) is 32.4 Å². The fourth-order valence-electron chi connectivity index (χ4n) is 2.21. The van der Waals surface area contributed by atoms with Gasteiger partial charge < -0.3 is 4.90 Å². The van der Waals surface area contributed by atoms with E-state index in [1.807, 2.05) is 13.8 Å². The third-order valence-electron chi connectivity index (χ3n) is 3.60. The van der Waals surface area contributed by atoms with Crippen molar-refractivity contribution in [3.8, 4) is 0 Å². The number of amides is 1. The van der Waals surface area contributed by atoms with E-state index in [-0.39, 0.29) is 17.6 Å². The predicted octanol–water partition coefficient (Wildman–Crippen LogP) is 2.18. The molecule has 1 aromatic carbocycles. The van der Waals surface area contributed by atoms with E-state index in [9.17, 15) is 14.9 Å². The van der Waals surface area contributed by atoms with E-state index in [1.54, 1.807) is 24.0 Å². The van der Waals surface area contributed by atoms with Gasteiger partial charge in [-0.1, -0.05) is 12.1 Å². The molecule has 2 aromatic rings. The highest BCUT2D eigenvalue weighted by Gasteiger charge is 2.24. The molecule has 0 N–H and O–H groups in total. The van der Waals surface area contributed by atoms with E-state index in [2.05, 4.69) is 10.1 Å². The minimum Gasteiger partial charge on any atom is -0.334 e. The fraction of sp³-hybridized carbons (Fsp3) is 0.400. The number of carbonyl (C=O) groups is 1. The average molecular weight is 317 g/mol. The maximum Gasteiger partial charge on any atom is 0.269 e. The van der Waals surface area contributed by atoms with E-state index >= 15 is 0 Å². The number of hydrogen-bond donors (Lipinski definition) is 0.